The molecule has 1 aromatic carbocycles. The summed E-state index contributed by atoms with van der Waals surface area (Å²) in [4.78, 5) is 0. The Hall–Kier alpha value is -0.910. The van der Waals surface area contributed by atoms with E-state index in [-0.39, 0.29) is 6.04 Å². The first kappa shape index (κ1) is 13.5. The molecule has 2 aromatic rings. The molecule has 1 aromatic heterocycles. The first-order valence-corrected chi connectivity index (χ1v) is 6.76. The van der Waals surface area contributed by atoms with E-state index in [9.17, 15) is 0 Å². The first-order valence-electron chi connectivity index (χ1n) is 5.59. The average Bonchev–Trinajstić information content (AvgIpc) is 2.70. The van der Waals surface area contributed by atoms with Gasteiger partial charge in [-0.05, 0) is 39.1 Å². The molecular weight excluding hydrogens is 316 g/mol. The smallest absolute Gasteiger partial charge is 0.103 e. The minimum absolute atomic E-state index is 0.160. The van der Waals surface area contributed by atoms with Crippen molar-refractivity contribution in [1.29, 1.82) is 0 Å². The van der Waals surface area contributed by atoms with Crippen molar-refractivity contribution in [3.63, 3.8) is 0 Å². The maximum Gasteiger partial charge on any atom is 0.103 e. The fourth-order valence-electron chi connectivity index (χ4n) is 1.76. The number of nitrogens with zero attached hydrogens (tertiary/aromatic N) is 3. The van der Waals surface area contributed by atoms with Crippen LogP contribution in [-0.4, -0.2) is 22.0 Å². The topological polar surface area (TPSA) is 42.7 Å². The maximum atomic E-state index is 6.22. The number of rotatable bonds is 3. The maximum absolute atomic E-state index is 6.22. The number of benzene rings is 1. The predicted molar refractivity (Wildman–Crippen MR) is 76.3 cm³/mol. The Morgan fingerprint density at radius 1 is 1.44 bits per heavy atom. The quantitative estimate of drug-likeness (QED) is 0.940. The lowest BCUT2D eigenvalue weighted by atomic mass is 10.2. The van der Waals surface area contributed by atoms with Gasteiger partial charge < -0.3 is 5.32 Å². The lowest BCUT2D eigenvalue weighted by Crippen LogP contribution is -2.14. The van der Waals surface area contributed by atoms with Crippen LogP contribution in [-0.2, 0) is 0 Å². The first-order chi connectivity index (χ1) is 8.54. The molecule has 1 atom stereocenters. The van der Waals surface area contributed by atoms with Crippen LogP contribution in [0.5, 0.6) is 0 Å². The van der Waals surface area contributed by atoms with Crippen molar-refractivity contribution in [3.05, 3.63) is 39.1 Å². The molecular formula is C12H14BrClN4. The molecule has 6 heteroatoms. The molecule has 0 aliphatic heterocycles. The Morgan fingerprint density at radius 2 is 2.17 bits per heavy atom. The fraction of sp³-hybridized carbons (Fsp3) is 0.333. The highest BCUT2D eigenvalue weighted by Gasteiger charge is 2.16. The van der Waals surface area contributed by atoms with Gasteiger partial charge in [-0.25, -0.2) is 4.68 Å². The van der Waals surface area contributed by atoms with Crippen LogP contribution in [0.1, 0.15) is 24.4 Å². The summed E-state index contributed by atoms with van der Waals surface area (Å²) in [5, 5.41) is 12.2. The number of nitrogens with one attached hydrogen (secondary N) is 1. The zero-order valence-corrected chi connectivity index (χ0v) is 12.7. The van der Waals surface area contributed by atoms with E-state index in [1.165, 1.54) is 0 Å². The molecule has 0 fully saturated rings. The molecule has 0 saturated heterocycles. The van der Waals surface area contributed by atoms with Crippen molar-refractivity contribution in [2.24, 2.45) is 0 Å². The van der Waals surface area contributed by atoms with Crippen molar-refractivity contribution in [2.75, 3.05) is 7.05 Å². The van der Waals surface area contributed by atoms with Gasteiger partial charge in [0.2, 0.25) is 0 Å². The third kappa shape index (κ3) is 2.43. The van der Waals surface area contributed by atoms with E-state index >= 15 is 0 Å². The summed E-state index contributed by atoms with van der Waals surface area (Å²) in [7, 11) is 1.90. The minimum Gasteiger partial charge on any atom is -0.312 e. The normalized spacial score (nSPS) is 12.7. The van der Waals surface area contributed by atoms with Gasteiger partial charge in [0.1, 0.15) is 5.69 Å². The van der Waals surface area contributed by atoms with Crippen molar-refractivity contribution in [1.82, 2.24) is 20.3 Å². The summed E-state index contributed by atoms with van der Waals surface area (Å²) < 4.78 is 2.70. The second-order valence-electron chi connectivity index (χ2n) is 4.08. The second-order valence-corrected chi connectivity index (χ2v) is 5.40. The molecule has 0 spiro atoms. The average molecular weight is 330 g/mol. The van der Waals surface area contributed by atoms with Gasteiger partial charge in [-0.1, -0.05) is 32.7 Å². The Kier molecular flexibility index (Phi) is 4.04. The highest BCUT2D eigenvalue weighted by atomic mass is 79.9. The lowest BCUT2D eigenvalue weighted by molar-refractivity contribution is 0.627. The number of aromatic nitrogens is 3. The van der Waals surface area contributed by atoms with Crippen LogP contribution in [0.2, 0.25) is 5.02 Å². The zero-order valence-electron chi connectivity index (χ0n) is 10.4. The van der Waals surface area contributed by atoms with Crippen LogP contribution >= 0.6 is 27.5 Å². The molecule has 0 saturated carbocycles. The van der Waals surface area contributed by atoms with E-state index in [1.54, 1.807) is 4.68 Å². The molecule has 1 N–H and O–H groups in total. The predicted octanol–water partition coefficient (Wildman–Crippen LogP) is 3.27. The number of halogens is 2. The Bertz CT molecular complexity index is 567. The highest BCUT2D eigenvalue weighted by Crippen LogP contribution is 2.26. The molecule has 18 heavy (non-hydrogen) atoms. The van der Waals surface area contributed by atoms with Gasteiger partial charge in [-0.15, -0.1) is 5.10 Å². The summed E-state index contributed by atoms with van der Waals surface area (Å²) in [5.41, 5.74) is 2.75. The minimum atomic E-state index is 0.160. The molecule has 1 heterocycles. The standard InChI is InChI=1S/C12H14BrClN4/c1-7(15-3)12-8(2)18(17-16-12)11-5-4-9(13)6-10(11)14/h4-7,15H,1-3H3. The summed E-state index contributed by atoms with van der Waals surface area (Å²) in [5.74, 6) is 0. The van der Waals surface area contributed by atoms with E-state index in [4.69, 9.17) is 11.6 Å². The molecule has 0 aliphatic rings. The van der Waals surface area contributed by atoms with Crippen LogP contribution in [0.15, 0.2) is 22.7 Å². The van der Waals surface area contributed by atoms with E-state index in [2.05, 4.69) is 31.6 Å². The van der Waals surface area contributed by atoms with Crippen molar-refractivity contribution in [3.8, 4) is 5.69 Å². The van der Waals surface area contributed by atoms with Gasteiger partial charge in [0.25, 0.3) is 0 Å². The van der Waals surface area contributed by atoms with E-state index in [0.29, 0.717) is 5.02 Å². The van der Waals surface area contributed by atoms with Crippen LogP contribution in [0.3, 0.4) is 0 Å². The largest absolute Gasteiger partial charge is 0.312 e. The molecule has 1 unspecified atom stereocenters. The molecule has 0 amide bonds. The molecule has 4 nitrogen and oxygen atoms in total. The van der Waals surface area contributed by atoms with Crippen molar-refractivity contribution < 1.29 is 0 Å². The van der Waals surface area contributed by atoms with Gasteiger partial charge in [-0.3, -0.25) is 0 Å². The van der Waals surface area contributed by atoms with E-state index in [1.807, 2.05) is 39.1 Å². The Labute approximate surface area is 119 Å². The van der Waals surface area contributed by atoms with Crippen LogP contribution in [0, 0.1) is 6.92 Å². The summed E-state index contributed by atoms with van der Waals surface area (Å²) >= 11 is 9.61. The van der Waals surface area contributed by atoms with Gasteiger partial charge in [-0.2, -0.15) is 0 Å². The second kappa shape index (κ2) is 5.38. The molecule has 0 bridgehead atoms. The summed E-state index contributed by atoms with van der Waals surface area (Å²) in [6.07, 6.45) is 0. The molecule has 2 rings (SSSR count). The highest BCUT2D eigenvalue weighted by molar-refractivity contribution is 9.10. The molecule has 96 valence electrons. The summed E-state index contributed by atoms with van der Waals surface area (Å²) in [6, 6.07) is 5.86. The lowest BCUT2D eigenvalue weighted by Gasteiger charge is -2.09. The van der Waals surface area contributed by atoms with Gasteiger partial charge in [0, 0.05) is 4.47 Å². The Balaban J connectivity index is 2.49. The molecule has 0 radical (unpaired) electrons. The van der Waals surface area contributed by atoms with Gasteiger partial charge in [0.05, 0.1) is 22.4 Å². The van der Waals surface area contributed by atoms with E-state index < -0.39 is 0 Å². The molecule has 0 aliphatic carbocycles. The Morgan fingerprint density at radius 3 is 2.78 bits per heavy atom. The van der Waals surface area contributed by atoms with E-state index in [0.717, 1.165) is 21.5 Å². The fourth-order valence-corrected chi connectivity index (χ4v) is 2.51. The van der Waals surface area contributed by atoms with Gasteiger partial charge in [0.15, 0.2) is 0 Å². The van der Waals surface area contributed by atoms with Crippen LogP contribution in [0.25, 0.3) is 5.69 Å². The van der Waals surface area contributed by atoms with Gasteiger partial charge >= 0.3 is 0 Å². The summed E-state index contributed by atoms with van der Waals surface area (Å²) in [6.45, 7) is 4.03. The zero-order chi connectivity index (χ0) is 13.3. The van der Waals surface area contributed by atoms with Crippen molar-refractivity contribution in [2.45, 2.75) is 19.9 Å². The number of hydrogen-bond acceptors (Lipinski definition) is 3. The van der Waals surface area contributed by atoms with Crippen LogP contribution in [0.4, 0.5) is 0 Å². The van der Waals surface area contributed by atoms with Crippen molar-refractivity contribution >= 4 is 27.5 Å². The SMILES string of the molecule is CNC(C)c1nnn(-c2ccc(Br)cc2Cl)c1C. The number of hydrogen-bond donors (Lipinski definition) is 1. The third-order valence-corrected chi connectivity index (χ3v) is 3.71. The van der Waals surface area contributed by atoms with Crippen LogP contribution < -0.4 is 5.32 Å². The third-order valence-electron chi connectivity index (χ3n) is 2.91. The monoisotopic (exact) mass is 328 g/mol.